The Morgan fingerprint density at radius 2 is 1.63 bits per heavy atom. The van der Waals surface area contributed by atoms with Crippen molar-refractivity contribution in [2.45, 2.75) is 12.5 Å². The van der Waals surface area contributed by atoms with Crippen LogP contribution in [0.1, 0.15) is 23.6 Å². The molecule has 7 heteroatoms. The second-order valence-corrected chi connectivity index (χ2v) is 6.49. The number of likely N-dealkylation sites (tertiary alicyclic amines) is 1. The smallest absolute Gasteiger partial charge is 0.305 e. The summed E-state index contributed by atoms with van der Waals surface area (Å²) in [6, 6.07) is 14.0. The molecule has 27 heavy (non-hydrogen) atoms. The molecule has 2 aromatic rings. The van der Waals surface area contributed by atoms with E-state index in [1.807, 2.05) is 0 Å². The SMILES string of the molecule is O=C(O)CCN1C(=O)C(=O)C(=C(O)c2ccccc2)C1c1ccc(Cl)cc1. The summed E-state index contributed by atoms with van der Waals surface area (Å²) in [7, 11) is 0. The van der Waals surface area contributed by atoms with Gasteiger partial charge in [0.2, 0.25) is 0 Å². The number of carboxylic acid groups (broad SMARTS) is 1. The van der Waals surface area contributed by atoms with Crippen LogP contribution in [0.15, 0.2) is 60.2 Å². The molecule has 0 bridgehead atoms. The average Bonchev–Trinajstić information content (AvgIpc) is 2.91. The minimum Gasteiger partial charge on any atom is -0.507 e. The van der Waals surface area contributed by atoms with Gasteiger partial charge in [0.25, 0.3) is 11.7 Å². The molecule has 0 aliphatic carbocycles. The molecule has 0 aromatic heterocycles. The van der Waals surface area contributed by atoms with E-state index in [-0.39, 0.29) is 24.3 Å². The Kier molecular flexibility index (Phi) is 5.28. The van der Waals surface area contributed by atoms with Crippen molar-refractivity contribution in [3.8, 4) is 0 Å². The number of hydrogen-bond acceptors (Lipinski definition) is 4. The minimum absolute atomic E-state index is 0.0705. The van der Waals surface area contributed by atoms with Crippen molar-refractivity contribution >= 4 is 35.0 Å². The van der Waals surface area contributed by atoms with E-state index in [4.69, 9.17) is 16.7 Å². The Balaban J connectivity index is 2.14. The first-order valence-corrected chi connectivity index (χ1v) is 8.59. The number of aliphatic carboxylic acids is 1. The molecule has 1 fully saturated rings. The van der Waals surface area contributed by atoms with Gasteiger partial charge in [-0.2, -0.15) is 0 Å². The zero-order valence-electron chi connectivity index (χ0n) is 14.1. The lowest BCUT2D eigenvalue weighted by Crippen LogP contribution is -2.31. The first-order valence-electron chi connectivity index (χ1n) is 8.21. The second kappa shape index (κ2) is 7.63. The molecule has 2 aromatic carbocycles. The monoisotopic (exact) mass is 385 g/mol. The van der Waals surface area contributed by atoms with Crippen LogP contribution >= 0.6 is 11.6 Å². The van der Waals surface area contributed by atoms with Gasteiger partial charge in [-0.3, -0.25) is 14.4 Å². The highest BCUT2D eigenvalue weighted by Gasteiger charge is 2.45. The van der Waals surface area contributed by atoms with Gasteiger partial charge in [0, 0.05) is 17.1 Å². The summed E-state index contributed by atoms with van der Waals surface area (Å²) in [5, 5.41) is 20.2. The Bertz CT molecular complexity index is 921. The van der Waals surface area contributed by atoms with Crippen molar-refractivity contribution in [2.75, 3.05) is 6.54 Å². The Morgan fingerprint density at radius 3 is 2.22 bits per heavy atom. The molecule has 138 valence electrons. The molecule has 1 saturated heterocycles. The third kappa shape index (κ3) is 3.71. The van der Waals surface area contributed by atoms with Crippen LogP contribution < -0.4 is 0 Å². The molecule has 2 N–H and O–H groups in total. The maximum atomic E-state index is 12.6. The van der Waals surface area contributed by atoms with E-state index >= 15 is 0 Å². The molecule has 6 nitrogen and oxygen atoms in total. The van der Waals surface area contributed by atoms with E-state index in [0.29, 0.717) is 16.1 Å². The number of Topliss-reactive ketones (excluding diaryl/α,β-unsaturated/α-hetero) is 1. The zero-order valence-corrected chi connectivity index (χ0v) is 14.9. The van der Waals surface area contributed by atoms with Crippen molar-refractivity contribution in [3.63, 3.8) is 0 Å². The predicted octanol–water partition coefficient (Wildman–Crippen LogP) is 3.24. The molecular formula is C20H16ClNO5. The van der Waals surface area contributed by atoms with Gasteiger partial charge in [-0.25, -0.2) is 0 Å². The van der Waals surface area contributed by atoms with Gasteiger partial charge < -0.3 is 15.1 Å². The topological polar surface area (TPSA) is 94.9 Å². The number of carbonyl (C=O) groups excluding carboxylic acids is 2. The summed E-state index contributed by atoms with van der Waals surface area (Å²) in [5.74, 6) is -3.07. The van der Waals surface area contributed by atoms with E-state index in [1.165, 1.54) is 4.90 Å². The van der Waals surface area contributed by atoms with Crippen molar-refractivity contribution in [1.82, 2.24) is 4.90 Å². The molecule has 0 spiro atoms. The van der Waals surface area contributed by atoms with E-state index in [0.717, 1.165) is 0 Å². The van der Waals surface area contributed by atoms with Crippen molar-refractivity contribution in [1.29, 1.82) is 0 Å². The molecule has 1 aliphatic rings. The molecule has 0 radical (unpaired) electrons. The number of nitrogens with zero attached hydrogens (tertiary/aromatic N) is 1. The number of halogens is 1. The summed E-state index contributed by atoms with van der Waals surface area (Å²) in [5.41, 5.74) is 0.882. The van der Waals surface area contributed by atoms with E-state index in [1.54, 1.807) is 54.6 Å². The van der Waals surface area contributed by atoms with Gasteiger partial charge in [-0.15, -0.1) is 0 Å². The quantitative estimate of drug-likeness (QED) is 0.468. The molecule has 0 saturated carbocycles. The number of rotatable bonds is 5. The number of carbonyl (C=O) groups is 3. The summed E-state index contributed by atoms with van der Waals surface area (Å²) in [4.78, 5) is 37.3. The lowest BCUT2D eigenvalue weighted by atomic mass is 9.95. The van der Waals surface area contributed by atoms with Crippen molar-refractivity contribution in [3.05, 3.63) is 76.3 Å². The standard InChI is InChI=1S/C20H16ClNO5/c21-14-8-6-12(7-9-14)17-16(18(25)13-4-2-1-3-5-13)19(26)20(27)22(17)11-10-15(23)24/h1-9,17,25H,10-11H2,(H,23,24). The second-order valence-electron chi connectivity index (χ2n) is 6.05. The van der Waals surface area contributed by atoms with Gasteiger partial charge in [0.1, 0.15) is 5.76 Å². The van der Waals surface area contributed by atoms with Gasteiger partial charge in [-0.1, -0.05) is 54.1 Å². The summed E-state index contributed by atoms with van der Waals surface area (Å²) >= 11 is 5.92. The minimum atomic E-state index is -1.09. The van der Waals surface area contributed by atoms with Crippen LogP contribution in [0.2, 0.25) is 5.02 Å². The summed E-state index contributed by atoms with van der Waals surface area (Å²) in [6.45, 7) is -0.154. The number of aliphatic hydroxyl groups excluding tert-OH is 1. The zero-order chi connectivity index (χ0) is 19.6. The maximum Gasteiger partial charge on any atom is 0.305 e. The third-order valence-electron chi connectivity index (χ3n) is 4.34. The number of ketones is 1. The highest BCUT2D eigenvalue weighted by Crippen LogP contribution is 2.39. The summed E-state index contributed by atoms with van der Waals surface area (Å²) in [6.07, 6.45) is -0.317. The van der Waals surface area contributed by atoms with E-state index in [2.05, 4.69) is 0 Å². The molecule has 1 unspecified atom stereocenters. The third-order valence-corrected chi connectivity index (χ3v) is 4.59. The number of aliphatic hydroxyl groups is 1. The van der Waals surface area contributed by atoms with Crippen molar-refractivity contribution < 1.29 is 24.6 Å². The van der Waals surface area contributed by atoms with E-state index in [9.17, 15) is 19.5 Å². The van der Waals surface area contributed by atoms with Crippen molar-refractivity contribution in [2.24, 2.45) is 0 Å². The summed E-state index contributed by atoms with van der Waals surface area (Å²) < 4.78 is 0. The van der Waals surface area contributed by atoms with Gasteiger partial charge in [0.15, 0.2) is 0 Å². The lowest BCUT2D eigenvalue weighted by Gasteiger charge is -2.24. The highest BCUT2D eigenvalue weighted by atomic mass is 35.5. The highest BCUT2D eigenvalue weighted by molar-refractivity contribution is 6.46. The Labute approximate surface area is 160 Å². The molecule has 1 aliphatic heterocycles. The lowest BCUT2D eigenvalue weighted by molar-refractivity contribution is -0.142. The Morgan fingerprint density at radius 1 is 1.00 bits per heavy atom. The number of hydrogen-bond donors (Lipinski definition) is 2. The normalized spacial score (nSPS) is 18.7. The fourth-order valence-electron chi connectivity index (χ4n) is 3.07. The maximum absolute atomic E-state index is 12.6. The van der Waals surface area contributed by atoms with Crippen LogP contribution in [-0.2, 0) is 14.4 Å². The number of carboxylic acids is 1. The molecule has 1 atom stereocenters. The molecule has 1 heterocycles. The molecule has 1 amide bonds. The fraction of sp³-hybridized carbons (Fsp3) is 0.150. The first-order chi connectivity index (χ1) is 12.9. The fourth-order valence-corrected chi connectivity index (χ4v) is 3.20. The van der Waals surface area contributed by atoms with Crippen LogP contribution in [0.25, 0.3) is 5.76 Å². The predicted molar refractivity (Wildman–Crippen MR) is 99.2 cm³/mol. The van der Waals surface area contributed by atoms with E-state index < -0.39 is 23.7 Å². The van der Waals surface area contributed by atoms with Gasteiger partial charge in [-0.05, 0) is 17.7 Å². The van der Waals surface area contributed by atoms with Crippen LogP contribution in [0.5, 0.6) is 0 Å². The number of amides is 1. The largest absolute Gasteiger partial charge is 0.507 e. The van der Waals surface area contributed by atoms with Gasteiger partial charge in [0.05, 0.1) is 18.0 Å². The van der Waals surface area contributed by atoms with Gasteiger partial charge >= 0.3 is 5.97 Å². The van der Waals surface area contributed by atoms with Crippen LogP contribution in [-0.4, -0.2) is 39.3 Å². The van der Waals surface area contributed by atoms with Crippen LogP contribution in [0.4, 0.5) is 0 Å². The first kappa shape index (κ1) is 18.7. The Hall–Kier alpha value is -3.12. The van der Waals surface area contributed by atoms with Crippen LogP contribution in [0, 0.1) is 0 Å². The molecular weight excluding hydrogens is 370 g/mol. The number of benzene rings is 2. The molecule has 3 rings (SSSR count). The average molecular weight is 386 g/mol. The van der Waals surface area contributed by atoms with Crippen LogP contribution in [0.3, 0.4) is 0 Å².